The number of rotatable bonds is 3. The monoisotopic (exact) mass is 304 g/mol. The topological polar surface area (TPSA) is 78.9 Å². The van der Waals surface area contributed by atoms with Gasteiger partial charge in [-0.15, -0.1) is 0 Å². The lowest BCUT2D eigenvalue weighted by Gasteiger charge is -2.37. The van der Waals surface area contributed by atoms with Gasteiger partial charge in [-0.05, 0) is 37.0 Å². The number of hydrogen-bond donors (Lipinski definition) is 2. The van der Waals surface area contributed by atoms with Crippen molar-refractivity contribution in [2.24, 2.45) is 0 Å². The molecule has 2 atom stereocenters. The number of nitrogens with one attached hydrogen (secondary N) is 1. The van der Waals surface area contributed by atoms with Crippen molar-refractivity contribution in [3.05, 3.63) is 35.4 Å². The zero-order valence-electron chi connectivity index (χ0n) is 12.3. The standard InChI is InChI=1S/C16H20N2O4/c19-15(20)12-6-4-11(5-7-12)10-17-16(21)18-8-9-22-14-3-1-2-13(14)18/h4-7,13-14H,1-3,8-10H2,(H,17,21)(H,19,20)/t13-,14+/m1/s1. The molecule has 0 unspecified atom stereocenters. The Balaban J connectivity index is 1.56. The van der Waals surface area contributed by atoms with Crippen LogP contribution in [-0.2, 0) is 11.3 Å². The summed E-state index contributed by atoms with van der Waals surface area (Å²) in [7, 11) is 0. The van der Waals surface area contributed by atoms with Gasteiger partial charge in [0.15, 0.2) is 0 Å². The van der Waals surface area contributed by atoms with Crippen LogP contribution in [0, 0.1) is 0 Å². The molecular formula is C16H20N2O4. The molecule has 118 valence electrons. The highest BCUT2D eigenvalue weighted by molar-refractivity contribution is 5.87. The maximum absolute atomic E-state index is 12.4. The number of fused-ring (bicyclic) bond motifs is 1. The molecule has 0 radical (unpaired) electrons. The fraction of sp³-hybridized carbons (Fsp3) is 0.500. The summed E-state index contributed by atoms with van der Waals surface area (Å²) in [5.74, 6) is -0.948. The molecule has 2 amide bonds. The predicted molar refractivity (Wildman–Crippen MR) is 79.7 cm³/mol. The van der Waals surface area contributed by atoms with Gasteiger partial charge < -0.3 is 20.1 Å². The molecule has 6 nitrogen and oxygen atoms in total. The van der Waals surface area contributed by atoms with Crippen LogP contribution in [0.5, 0.6) is 0 Å². The number of nitrogens with zero attached hydrogens (tertiary/aromatic N) is 1. The molecule has 1 saturated carbocycles. The van der Waals surface area contributed by atoms with Gasteiger partial charge in [0.25, 0.3) is 0 Å². The second kappa shape index (κ2) is 6.36. The van der Waals surface area contributed by atoms with Crippen molar-refractivity contribution in [1.29, 1.82) is 0 Å². The van der Waals surface area contributed by atoms with Crippen molar-refractivity contribution in [3.63, 3.8) is 0 Å². The fourth-order valence-corrected chi connectivity index (χ4v) is 3.22. The molecule has 1 heterocycles. The Labute approximate surface area is 129 Å². The van der Waals surface area contributed by atoms with Crippen molar-refractivity contribution in [2.75, 3.05) is 13.2 Å². The summed E-state index contributed by atoms with van der Waals surface area (Å²) in [6.45, 7) is 1.63. The zero-order chi connectivity index (χ0) is 15.5. The zero-order valence-corrected chi connectivity index (χ0v) is 12.3. The van der Waals surface area contributed by atoms with Gasteiger partial charge in [-0.3, -0.25) is 0 Å². The largest absolute Gasteiger partial charge is 0.478 e. The summed E-state index contributed by atoms with van der Waals surface area (Å²) in [6.07, 6.45) is 3.33. The molecule has 3 rings (SSSR count). The maximum Gasteiger partial charge on any atom is 0.335 e. The second-order valence-electron chi connectivity index (χ2n) is 5.76. The van der Waals surface area contributed by atoms with Gasteiger partial charge in [0.1, 0.15) is 0 Å². The van der Waals surface area contributed by atoms with E-state index in [4.69, 9.17) is 9.84 Å². The molecule has 1 aromatic carbocycles. The lowest BCUT2D eigenvalue weighted by atomic mass is 10.1. The summed E-state index contributed by atoms with van der Waals surface area (Å²) in [6, 6.07) is 6.67. The molecule has 22 heavy (non-hydrogen) atoms. The molecular weight excluding hydrogens is 284 g/mol. The number of urea groups is 1. The molecule has 2 N–H and O–H groups in total. The maximum atomic E-state index is 12.4. The highest BCUT2D eigenvalue weighted by atomic mass is 16.5. The highest BCUT2D eigenvalue weighted by Gasteiger charge is 2.38. The number of carbonyl (C=O) groups excluding carboxylic acids is 1. The van der Waals surface area contributed by atoms with Crippen LogP contribution in [0.15, 0.2) is 24.3 Å². The first-order chi connectivity index (χ1) is 10.6. The van der Waals surface area contributed by atoms with E-state index >= 15 is 0 Å². The molecule has 1 aliphatic heterocycles. The van der Waals surface area contributed by atoms with E-state index in [0.29, 0.717) is 19.7 Å². The summed E-state index contributed by atoms with van der Waals surface area (Å²) < 4.78 is 5.70. The Kier molecular flexibility index (Phi) is 4.29. The summed E-state index contributed by atoms with van der Waals surface area (Å²) in [5.41, 5.74) is 1.13. The average Bonchev–Trinajstić information content (AvgIpc) is 3.01. The van der Waals surface area contributed by atoms with Crippen LogP contribution in [0.3, 0.4) is 0 Å². The number of morpholine rings is 1. The van der Waals surface area contributed by atoms with Gasteiger partial charge in [0, 0.05) is 13.1 Å². The smallest absolute Gasteiger partial charge is 0.335 e. The number of aromatic carboxylic acids is 1. The second-order valence-corrected chi connectivity index (χ2v) is 5.76. The van der Waals surface area contributed by atoms with Crippen LogP contribution in [-0.4, -0.2) is 47.3 Å². The van der Waals surface area contributed by atoms with Gasteiger partial charge in [-0.1, -0.05) is 12.1 Å². The van der Waals surface area contributed by atoms with Crippen LogP contribution in [0.2, 0.25) is 0 Å². The van der Waals surface area contributed by atoms with Crippen LogP contribution in [0.25, 0.3) is 0 Å². The third-order valence-corrected chi connectivity index (χ3v) is 4.39. The van der Waals surface area contributed by atoms with E-state index in [9.17, 15) is 9.59 Å². The Morgan fingerprint density at radius 3 is 2.77 bits per heavy atom. The number of benzene rings is 1. The molecule has 0 bridgehead atoms. The minimum Gasteiger partial charge on any atom is -0.478 e. The normalized spacial score (nSPS) is 23.9. The Bertz CT molecular complexity index is 558. The van der Waals surface area contributed by atoms with Crippen molar-refractivity contribution in [2.45, 2.75) is 38.0 Å². The third-order valence-electron chi connectivity index (χ3n) is 4.39. The first kappa shape index (κ1) is 14.8. The number of hydrogen-bond acceptors (Lipinski definition) is 3. The Hall–Kier alpha value is -2.08. The molecule has 1 saturated heterocycles. The van der Waals surface area contributed by atoms with E-state index in [-0.39, 0.29) is 23.7 Å². The summed E-state index contributed by atoms with van der Waals surface area (Å²) >= 11 is 0. The number of ether oxygens (including phenoxy) is 1. The quantitative estimate of drug-likeness (QED) is 0.893. The number of carboxylic acid groups (broad SMARTS) is 1. The fourth-order valence-electron chi connectivity index (χ4n) is 3.22. The summed E-state index contributed by atoms with van der Waals surface area (Å²) in [5, 5.41) is 11.8. The van der Waals surface area contributed by atoms with E-state index in [0.717, 1.165) is 24.8 Å². The first-order valence-corrected chi connectivity index (χ1v) is 7.63. The Morgan fingerprint density at radius 2 is 2.05 bits per heavy atom. The van der Waals surface area contributed by atoms with Gasteiger partial charge in [-0.2, -0.15) is 0 Å². The Morgan fingerprint density at radius 1 is 1.27 bits per heavy atom. The minimum atomic E-state index is -0.948. The van der Waals surface area contributed by atoms with Gasteiger partial charge in [0.2, 0.25) is 0 Å². The van der Waals surface area contributed by atoms with Crippen LogP contribution >= 0.6 is 0 Å². The molecule has 0 aromatic heterocycles. The van der Waals surface area contributed by atoms with Gasteiger partial charge in [-0.25, -0.2) is 9.59 Å². The van der Waals surface area contributed by atoms with E-state index in [1.807, 2.05) is 4.90 Å². The van der Waals surface area contributed by atoms with E-state index < -0.39 is 5.97 Å². The number of amides is 2. The third kappa shape index (κ3) is 3.06. The van der Waals surface area contributed by atoms with Crippen LogP contribution in [0.1, 0.15) is 35.2 Å². The van der Waals surface area contributed by atoms with Crippen molar-refractivity contribution < 1.29 is 19.4 Å². The molecule has 1 aliphatic carbocycles. The van der Waals surface area contributed by atoms with Crippen molar-refractivity contribution in [1.82, 2.24) is 10.2 Å². The predicted octanol–water partition coefficient (Wildman–Crippen LogP) is 1.85. The SMILES string of the molecule is O=C(O)c1ccc(CNC(=O)N2CCO[C@H]3CCC[C@H]32)cc1. The van der Waals surface area contributed by atoms with E-state index in [1.54, 1.807) is 24.3 Å². The van der Waals surface area contributed by atoms with Gasteiger partial charge in [0.05, 0.1) is 24.3 Å². The van der Waals surface area contributed by atoms with E-state index in [2.05, 4.69) is 5.32 Å². The van der Waals surface area contributed by atoms with Gasteiger partial charge >= 0.3 is 12.0 Å². The van der Waals surface area contributed by atoms with E-state index in [1.165, 1.54) is 0 Å². The number of carbonyl (C=O) groups is 2. The average molecular weight is 304 g/mol. The van der Waals surface area contributed by atoms with Crippen molar-refractivity contribution >= 4 is 12.0 Å². The van der Waals surface area contributed by atoms with Crippen LogP contribution < -0.4 is 5.32 Å². The highest BCUT2D eigenvalue weighted by Crippen LogP contribution is 2.29. The molecule has 2 aliphatic rings. The number of carboxylic acids is 1. The molecule has 2 fully saturated rings. The molecule has 0 spiro atoms. The van der Waals surface area contributed by atoms with Crippen molar-refractivity contribution in [3.8, 4) is 0 Å². The lowest BCUT2D eigenvalue weighted by molar-refractivity contribution is -0.0383. The van der Waals surface area contributed by atoms with Crippen LogP contribution in [0.4, 0.5) is 4.79 Å². The minimum absolute atomic E-state index is 0.0671. The lowest BCUT2D eigenvalue weighted by Crippen LogP contribution is -2.54. The first-order valence-electron chi connectivity index (χ1n) is 7.63. The molecule has 1 aromatic rings. The summed E-state index contributed by atoms with van der Waals surface area (Å²) in [4.78, 5) is 25.0. The molecule has 6 heteroatoms.